The van der Waals surface area contributed by atoms with Gasteiger partial charge in [-0.25, -0.2) is 0 Å². The van der Waals surface area contributed by atoms with E-state index in [2.05, 4.69) is 32.7 Å². The van der Waals surface area contributed by atoms with E-state index in [4.69, 9.17) is 5.73 Å². The summed E-state index contributed by atoms with van der Waals surface area (Å²) in [5, 5.41) is 5.07. The maximum Gasteiger partial charge on any atom is 0.256 e. The Bertz CT molecular complexity index is 901. The first kappa shape index (κ1) is 24.8. The van der Waals surface area contributed by atoms with Crippen molar-refractivity contribution in [3.63, 3.8) is 0 Å². The standard InChI is InChI=1S/C26H37N5O2S/c27-11-13-29-25(32)24-16-22(10-14-31(24)26(33)21-8-4-12-28-17-21)30(19-23-9-5-15-34-23)18-20-6-2-1-3-7-20/h4-5,8-9,12,15,17,20,22,24H,1-3,6-7,10-11,13-14,16,18-19,27H2,(H,29,32)/t22?,24-/m1/s1. The minimum Gasteiger partial charge on any atom is -0.353 e. The average Bonchev–Trinajstić information content (AvgIpc) is 3.40. The van der Waals surface area contributed by atoms with Crippen LogP contribution >= 0.6 is 11.3 Å². The molecule has 2 aromatic rings. The lowest BCUT2D eigenvalue weighted by Gasteiger charge is -2.44. The van der Waals surface area contributed by atoms with Crippen molar-refractivity contribution in [1.29, 1.82) is 0 Å². The van der Waals surface area contributed by atoms with E-state index < -0.39 is 6.04 Å². The maximum atomic E-state index is 13.3. The molecule has 0 aromatic carbocycles. The molecule has 2 fully saturated rings. The number of rotatable bonds is 9. The van der Waals surface area contributed by atoms with Gasteiger partial charge in [0.25, 0.3) is 5.91 Å². The molecule has 1 aliphatic heterocycles. The van der Waals surface area contributed by atoms with Crippen molar-refractivity contribution in [3.05, 3.63) is 52.5 Å². The highest BCUT2D eigenvalue weighted by molar-refractivity contribution is 7.09. The summed E-state index contributed by atoms with van der Waals surface area (Å²) in [5.41, 5.74) is 6.16. The summed E-state index contributed by atoms with van der Waals surface area (Å²) in [6, 6.07) is 7.59. The number of nitrogens with two attached hydrogens (primary N) is 1. The monoisotopic (exact) mass is 483 g/mol. The van der Waals surface area contributed by atoms with Crippen molar-refractivity contribution in [1.82, 2.24) is 20.1 Å². The molecule has 3 N–H and O–H groups in total. The second-order valence-corrected chi connectivity index (χ2v) is 10.6. The molecular formula is C26H37N5O2S. The van der Waals surface area contributed by atoms with Crippen LogP contribution in [0, 0.1) is 5.92 Å². The van der Waals surface area contributed by atoms with Crippen molar-refractivity contribution in [2.24, 2.45) is 11.7 Å². The van der Waals surface area contributed by atoms with Crippen LogP contribution in [0.4, 0.5) is 0 Å². The lowest BCUT2D eigenvalue weighted by Crippen LogP contribution is -2.58. The third-order valence-electron chi connectivity index (χ3n) is 7.16. The minimum atomic E-state index is -0.504. The molecular weight excluding hydrogens is 446 g/mol. The minimum absolute atomic E-state index is 0.110. The molecule has 4 rings (SSSR count). The largest absolute Gasteiger partial charge is 0.353 e. The van der Waals surface area contributed by atoms with E-state index in [0.29, 0.717) is 37.5 Å². The summed E-state index contributed by atoms with van der Waals surface area (Å²) >= 11 is 1.79. The molecule has 1 aliphatic carbocycles. The Morgan fingerprint density at radius 2 is 2.03 bits per heavy atom. The van der Waals surface area contributed by atoms with Gasteiger partial charge in [-0.2, -0.15) is 0 Å². The number of hydrogen-bond donors (Lipinski definition) is 2. The summed E-state index contributed by atoms with van der Waals surface area (Å²) in [6.07, 6.45) is 11.3. The highest BCUT2D eigenvalue weighted by atomic mass is 32.1. The molecule has 0 radical (unpaired) electrons. The van der Waals surface area contributed by atoms with Gasteiger partial charge in [0.15, 0.2) is 0 Å². The van der Waals surface area contributed by atoms with E-state index in [9.17, 15) is 9.59 Å². The first-order valence-electron chi connectivity index (χ1n) is 12.6. The van der Waals surface area contributed by atoms with Crippen molar-refractivity contribution in [2.45, 2.75) is 63.6 Å². The third kappa shape index (κ3) is 6.43. The van der Waals surface area contributed by atoms with Gasteiger partial charge < -0.3 is 16.0 Å². The molecule has 184 valence electrons. The van der Waals surface area contributed by atoms with E-state index in [1.165, 1.54) is 37.0 Å². The summed E-state index contributed by atoms with van der Waals surface area (Å²) < 4.78 is 0. The molecule has 7 nitrogen and oxygen atoms in total. The first-order chi connectivity index (χ1) is 16.7. The van der Waals surface area contributed by atoms with Gasteiger partial charge in [0.1, 0.15) is 6.04 Å². The Morgan fingerprint density at radius 3 is 2.74 bits per heavy atom. The van der Waals surface area contributed by atoms with Gasteiger partial charge in [-0.15, -0.1) is 11.3 Å². The van der Waals surface area contributed by atoms with Gasteiger partial charge in [-0.05, 0) is 55.2 Å². The van der Waals surface area contributed by atoms with Crippen LogP contribution in [0.5, 0.6) is 0 Å². The molecule has 8 heteroatoms. The molecule has 0 spiro atoms. The summed E-state index contributed by atoms with van der Waals surface area (Å²) in [4.78, 5) is 36.3. The number of aromatic nitrogens is 1. The van der Waals surface area contributed by atoms with Crippen LogP contribution in [0.15, 0.2) is 42.0 Å². The van der Waals surface area contributed by atoms with Gasteiger partial charge in [0.05, 0.1) is 5.56 Å². The fourth-order valence-corrected chi connectivity index (χ4v) is 6.11. The van der Waals surface area contributed by atoms with Gasteiger partial charge in [0.2, 0.25) is 5.91 Å². The first-order valence-corrected chi connectivity index (χ1v) is 13.5. The number of nitrogens with one attached hydrogen (secondary N) is 1. The van der Waals surface area contributed by atoms with Gasteiger partial charge in [0, 0.05) is 56.0 Å². The topological polar surface area (TPSA) is 91.6 Å². The van der Waals surface area contributed by atoms with Crippen LogP contribution in [0.25, 0.3) is 0 Å². The smallest absolute Gasteiger partial charge is 0.256 e. The number of thiophene rings is 1. The second-order valence-electron chi connectivity index (χ2n) is 9.53. The predicted molar refractivity (Wildman–Crippen MR) is 135 cm³/mol. The molecule has 34 heavy (non-hydrogen) atoms. The Labute approximate surface area is 206 Å². The summed E-state index contributed by atoms with van der Waals surface area (Å²) in [7, 11) is 0. The van der Waals surface area contributed by atoms with Crippen LogP contribution in [0.3, 0.4) is 0 Å². The fourth-order valence-electron chi connectivity index (χ4n) is 5.39. The molecule has 2 aliphatic rings. The maximum absolute atomic E-state index is 13.3. The number of piperidine rings is 1. The Hall–Kier alpha value is -2.29. The van der Waals surface area contributed by atoms with Crippen LogP contribution in [-0.2, 0) is 11.3 Å². The number of likely N-dealkylation sites (tertiary alicyclic amines) is 1. The Morgan fingerprint density at radius 1 is 1.18 bits per heavy atom. The molecule has 2 atom stereocenters. The number of hydrogen-bond acceptors (Lipinski definition) is 6. The Kier molecular flexibility index (Phi) is 9.07. The zero-order valence-electron chi connectivity index (χ0n) is 19.9. The Balaban J connectivity index is 1.53. The molecule has 1 unspecified atom stereocenters. The van der Waals surface area contributed by atoms with Crippen LogP contribution in [0.2, 0.25) is 0 Å². The predicted octanol–water partition coefficient (Wildman–Crippen LogP) is 3.27. The van der Waals surface area contributed by atoms with Crippen LogP contribution in [-0.4, -0.2) is 64.9 Å². The highest BCUT2D eigenvalue weighted by Crippen LogP contribution is 2.30. The van der Waals surface area contributed by atoms with Crippen molar-refractivity contribution < 1.29 is 9.59 Å². The lowest BCUT2D eigenvalue weighted by atomic mass is 9.87. The zero-order valence-corrected chi connectivity index (χ0v) is 20.7. The number of amides is 2. The quantitative estimate of drug-likeness (QED) is 0.571. The zero-order chi connectivity index (χ0) is 23.8. The number of carbonyl (C=O) groups is 2. The molecule has 2 amide bonds. The normalized spacial score (nSPS) is 21.5. The summed E-state index contributed by atoms with van der Waals surface area (Å²) in [5.74, 6) is 0.478. The molecule has 3 heterocycles. The SMILES string of the molecule is NCCNC(=O)[C@H]1CC(N(Cc2cccs2)CC2CCCCC2)CCN1C(=O)c1cccnc1. The molecule has 0 bridgehead atoms. The van der Waals surface area contributed by atoms with E-state index in [0.717, 1.165) is 19.5 Å². The number of carbonyl (C=O) groups excluding carboxylic acids is 2. The van der Waals surface area contributed by atoms with Gasteiger partial charge >= 0.3 is 0 Å². The highest BCUT2D eigenvalue weighted by Gasteiger charge is 2.39. The average molecular weight is 484 g/mol. The van der Waals surface area contributed by atoms with Crippen molar-refractivity contribution >= 4 is 23.2 Å². The second kappa shape index (κ2) is 12.4. The number of nitrogens with zero attached hydrogens (tertiary/aromatic N) is 3. The number of pyridine rings is 1. The molecule has 1 saturated carbocycles. The summed E-state index contributed by atoms with van der Waals surface area (Å²) in [6.45, 7) is 3.33. The van der Waals surface area contributed by atoms with Crippen LogP contribution in [0.1, 0.15) is 60.2 Å². The van der Waals surface area contributed by atoms with E-state index >= 15 is 0 Å². The van der Waals surface area contributed by atoms with Crippen molar-refractivity contribution in [3.8, 4) is 0 Å². The van der Waals surface area contributed by atoms with Crippen molar-refractivity contribution in [2.75, 3.05) is 26.2 Å². The third-order valence-corrected chi connectivity index (χ3v) is 8.02. The van der Waals surface area contributed by atoms with Gasteiger partial charge in [-0.3, -0.25) is 19.5 Å². The molecule has 2 aromatic heterocycles. The van der Waals surface area contributed by atoms with E-state index in [1.807, 2.05) is 0 Å². The lowest BCUT2D eigenvalue weighted by molar-refractivity contribution is -0.127. The fraction of sp³-hybridized carbons (Fsp3) is 0.577. The van der Waals surface area contributed by atoms with E-state index in [-0.39, 0.29) is 17.9 Å². The van der Waals surface area contributed by atoms with Crippen LogP contribution < -0.4 is 11.1 Å². The van der Waals surface area contributed by atoms with E-state index in [1.54, 1.807) is 40.8 Å². The van der Waals surface area contributed by atoms with Gasteiger partial charge in [-0.1, -0.05) is 25.3 Å². The molecule has 1 saturated heterocycles.